The van der Waals surface area contributed by atoms with Crippen molar-refractivity contribution in [2.45, 2.75) is 111 Å². The average molecular weight is 596 g/mol. The minimum atomic E-state index is -1.46. The number of nitrogens with one attached hydrogen (secondary N) is 2. The van der Waals surface area contributed by atoms with E-state index in [4.69, 9.17) is 42.9 Å². The lowest BCUT2D eigenvalue weighted by atomic mass is 9.72. The second-order valence-corrected chi connectivity index (χ2v) is 11.6. The van der Waals surface area contributed by atoms with E-state index in [9.17, 15) is 30.6 Å². The van der Waals surface area contributed by atoms with E-state index in [0.717, 1.165) is 0 Å². The van der Waals surface area contributed by atoms with Gasteiger partial charge in [-0.1, -0.05) is 0 Å². The van der Waals surface area contributed by atoms with E-state index >= 15 is 0 Å². The van der Waals surface area contributed by atoms with Gasteiger partial charge in [-0.3, -0.25) is 0 Å². The Morgan fingerprint density at radius 1 is 0.902 bits per heavy atom. The standard InChI is InChI=1S/C25H53N7O9/c26-4-3-11(34)7-31-9-13-1-2-14(28)23(39-13)18-15(29)5-16(32-8-12(35)6-27)24(21(18)37)41-25-22(38)19(30)20(36)17(10-33)40-25/h11-25,31-38H,1-10,26-30H2. The normalized spacial score (nSPS) is 43.5. The molecule has 0 aromatic carbocycles. The number of hydrogen-bond acceptors (Lipinski definition) is 16. The van der Waals surface area contributed by atoms with Gasteiger partial charge in [0.15, 0.2) is 6.29 Å². The predicted molar refractivity (Wildman–Crippen MR) is 148 cm³/mol. The second-order valence-electron chi connectivity index (χ2n) is 11.6. The van der Waals surface area contributed by atoms with Crippen LogP contribution in [0.25, 0.3) is 0 Å². The molecule has 3 fully saturated rings. The van der Waals surface area contributed by atoms with E-state index < -0.39 is 91.8 Å². The van der Waals surface area contributed by atoms with Crippen LogP contribution in [0.3, 0.4) is 0 Å². The molecule has 3 rings (SSSR count). The maximum Gasteiger partial charge on any atom is 0.186 e. The summed E-state index contributed by atoms with van der Waals surface area (Å²) in [5.41, 5.74) is 30.1. The van der Waals surface area contributed by atoms with Crippen molar-refractivity contribution in [3.63, 3.8) is 0 Å². The molecule has 0 bridgehead atoms. The number of rotatable bonds is 14. The lowest BCUT2D eigenvalue weighted by Gasteiger charge is -2.51. The molecule has 0 amide bonds. The molecule has 0 radical (unpaired) electrons. The SMILES string of the molecule is NCCC(O)CNCC1CCC(N)C(C2C(N)CC(NCC(O)CN)C(OC3OC(CO)C(O)C(N)C3O)C2O)O1. The van der Waals surface area contributed by atoms with Gasteiger partial charge in [0.1, 0.15) is 24.4 Å². The molecular weight excluding hydrogens is 542 g/mol. The molecule has 0 aromatic rings. The summed E-state index contributed by atoms with van der Waals surface area (Å²) in [7, 11) is 0. The van der Waals surface area contributed by atoms with Gasteiger partial charge < -0.3 is 84.2 Å². The number of nitrogens with two attached hydrogens (primary N) is 5. The molecule has 1 aliphatic carbocycles. The number of hydrogen-bond donors (Lipinski definition) is 13. The zero-order valence-corrected chi connectivity index (χ0v) is 23.5. The third-order valence-electron chi connectivity index (χ3n) is 8.49. The summed E-state index contributed by atoms with van der Waals surface area (Å²) in [5.74, 6) is -0.660. The van der Waals surface area contributed by atoms with Crippen LogP contribution in [-0.4, -0.2) is 155 Å². The first kappa shape index (κ1) is 34.8. The molecule has 0 spiro atoms. The Labute approximate surface area is 240 Å². The fraction of sp³-hybridized carbons (Fsp3) is 1.00. The molecule has 242 valence electrons. The van der Waals surface area contributed by atoms with Crippen molar-refractivity contribution >= 4 is 0 Å². The van der Waals surface area contributed by atoms with E-state index in [2.05, 4.69) is 10.6 Å². The topological polar surface area (TPSA) is 303 Å². The fourth-order valence-corrected chi connectivity index (χ4v) is 6.03. The molecule has 16 heteroatoms. The summed E-state index contributed by atoms with van der Waals surface area (Å²) in [6.45, 7) is 0.774. The molecular formula is C25H53N7O9. The highest BCUT2D eigenvalue weighted by Gasteiger charge is 2.52. The number of aliphatic hydroxyl groups excluding tert-OH is 6. The highest BCUT2D eigenvalue weighted by Crippen LogP contribution is 2.36. The molecule has 2 heterocycles. The van der Waals surface area contributed by atoms with Gasteiger partial charge in [-0.15, -0.1) is 0 Å². The summed E-state index contributed by atoms with van der Waals surface area (Å²) in [5, 5.41) is 68.6. The van der Waals surface area contributed by atoms with E-state index in [1.54, 1.807) is 0 Å². The van der Waals surface area contributed by atoms with Crippen molar-refractivity contribution in [1.29, 1.82) is 0 Å². The zero-order valence-electron chi connectivity index (χ0n) is 23.5. The summed E-state index contributed by atoms with van der Waals surface area (Å²) < 4.78 is 18.1. The van der Waals surface area contributed by atoms with Crippen LogP contribution >= 0.6 is 0 Å². The third kappa shape index (κ3) is 8.95. The van der Waals surface area contributed by atoms with E-state index in [1.807, 2.05) is 0 Å². The molecule has 15 atom stereocenters. The van der Waals surface area contributed by atoms with E-state index in [0.29, 0.717) is 45.3 Å². The van der Waals surface area contributed by atoms with Crippen LogP contribution in [0.2, 0.25) is 0 Å². The monoisotopic (exact) mass is 595 g/mol. The number of ether oxygens (including phenoxy) is 3. The quantitative estimate of drug-likeness (QED) is 0.0887. The fourth-order valence-electron chi connectivity index (χ4n) is 6.03. The lowest BCUT2D eigenvalue weighted by Crippen LogP contribution is -2.69. The van der Waals surface area contributed by atoms with E-state index in [1.165, 1.54) is 0 Å². The Hall–Kier alpha value is -0.640. The van der Waals surface area contributed by atoms with Crippen molar-refractivity contribution in [2.75, 3.05) is 39.3 Å². The van der Waals surface area contributed by atoms with Crippen LogP contribution in [-0.2, 0) is 14.2 Å². The average Bonchev–Trinajstić information content (AvgIpc) is 2.94. The van der Waals surface area contributed by atoms with Gasteiger partial charge in [-0.05, 0) is 32.2 Å². The maximum absolute atomic E-state index is 11.7. The highest BCUT2D eigenvalue weighted by molar-refractivity contribution is 5.05. The van der Waals surface area contributed by atoms with Gasteiger partial charge in [0.05, 0.1) is 43.2 Å². The molecule has 41 heavy (non-hydrogen) atoms. The van der Waals surface area contributed by atoms with Crippen molar-refractivity contribution in [2.24, 2.45) is 34.6 Å². The van der Waals surface area contributed by atoms with Gasteiger partial charge in [-0.25, -0.2) is 0 Å². The maximum atomic E-state index is 11.7. The minimum Gasteiger partial charge on any atom is -0.394 e. The zero-order chi connectivity index (χ0) is 30.3. The molecule has 1 saturated carbocycles. The molecule has 18 N–H and O–H groups in total. The van der Waals surface area contributed by atoms with Crippen LogP contribution in [0.1, 0.15) is 25.7 Å². The minimum absolute atomic E-state index is 0.0152. The molecule has 3 aliphatic rings. The Bertz CT molecular complexity index is 762. The van der Waals surface area contributed by atoms with Crippen LogP contribution < -0.4 is 39.3 Å². The first-order chi connectivity index (χ1) is 19.5. The highest BCUT2D eigenvalue weighted by atomic mass is 16.7. The van der Waals surface area contributed by atoms with Gasteiger partial charge in [0.2, 0.25) is 0 Å². The van der Waals surface area contributed by atoms with Gasteiger partial charge >= 0.3 is 0 Å². The van der Waals surface area contributed by atoms with Crippen LogP contribution in [0.15, 0.2) is 0 Å². The Morgan fingerprint density at radius 2 is 1.63 bits per heavy atom. The third-order valence-corrected chi connectivity index (χ3v) is 8.49. The number of aliphatic hydroxyl groups is 6. The Morgan fingerprint density at radius 3 is 2.29 bits per heavy atom. The first-order valence-electron chi connectivity index (χ1n) is 14.6. The Balaban J connectivity index is 1.76. The smallest absolute Gasteiger partial charge is 0.186 e. The van der Waals surface area contributed by atoms with Crippen molar-refractivity contribution in [1.82, 2.24) is 10.6 Å². The second kappa shape index (κ2) is 16.4. The summed E-state index contributed by atoms with van der Waals surface area (Å²) >= 11 is 0. The van der Waals surface area contributed by atoms with Crippen molar-refractivity contribution in [3.8, 4) is 0 Å². The lowest BCUT2D eigenvalue weighted by molar-refractivity contribution is -0.306. The van der Waals surface area contributed by atoms with Gasteiger partial charge in [-0.2, -0.15) is 0 Å². The molecule has 15 unspecified atom stereocenters. The van der Waals surface area contributed by atoms with Gasteiger partial charge in [0.25, 0.3) is 0 Å². The van der Waals surface area contributed by atoms with Crippen molar-refractivity contribution < 1.29 is 44.8 Å². The van der Waals surface area contributed by atoms with E-state index in [-0.39, 0.29) is 19.2 Å². The van der Waals surface area contributed by atoms with Gasteiger partial charge in [0, 0.05) is 50.2 Å². The molecule has 2 aliphatic heterocycles. The molecule has 0 aromatic heterocycles. The van der Waals surface area contributed by atoms with Crippen LogP contribution in [0.5, 0.6) is 0 Å². The predicted octanol–water partition coefficient (Wildman–Crippen LogP) is -6.70. The summed E-state index contributed by atoms with van der Waals surface area (Å²) in [4.78, 5) is 0. The van der Waals surface area contributed by atoms with Crippen LogP contribution in [0.4, 0.5) is 0 Å². The first-order valence-corrected chi connectivity index (χ1v) is 14.6. The summed E-state index contributed by atoms with van der Waals surface area (Å²) in [6.07, 6.45) is -7.70. The summed E-state index contributed by atoms with van der Waals surface area (Å²) in [6, 6.07) is -2.74. The van der Waals surface area contributed by atoms with Crippen LogP contribution in [0, 0.1) is 5.92 Å². The largest absolute Gasteiger partial charge is 0.394 e. The Kier molecular flexibility index (Phi) is 14.0. The molecule has 2 saturated heterocycles. The van der Waals surface area contributed by atoms with Crippen molar-refractivity contribution in [3.05, 3.63) is 0 Å². The molecule has 16 nitrogen and oxygen atoms in total.